The zero-order chi connectivity index (χ0) is 31.9. The molecule has 1 aromatic carbocycles. The lowest BCUT2D eigenvalue weighted by Crippen LogP contribution is -2.51. The lowest BCUT2D eigenvalue weighted by Gasteiger charge is -2.37. The van der Waals surface area contributed by atoms with E-state index in [-0.39, 0.29) is 29.9 Å². The van der Waals surface area contributed by atoms with Crippen LogP contribution in [0.1, 0.15) is 74.0 Å². The molecule has 0 unspecified atom stereocenters. The van der Waals surface area contributed by atoms with Crippen LogP contribution in [0.4, 0.5) is 0 Å². The number of aryl methyl sites for hydroxylation is 1. The monoisotopic (exact) mass is 625 g/mol. The number of carbonyl (C=O) groups excluding carboxylic acids is 2. The fourth-order valence-electron chi connectivity index (χ4n) is 7.77. The number of fused-ring (bicyclic) bond motifs is 4. The molecule has 3 aliphatic carbocycles. The van der Waals surface area contributed by atoms with Crippen molar-refractivity contribution in [3.8, 4) is 17.3 Å². The van der Waals surface area contributed by atoms with Crippen LogP contribution in [0.2, 0.25) is 0 Å². The zero-order valence-electron chi connectivity index (χ0n) is 27.1. The maximum absolute atomic E-state index is 13.9. The van der Waals surface area contributed by atoms with E-state index in [0.29, 0.717) is 35.2 Å². The van der Waals surface area contributed by atoms with Crippen molar-refractivity contribution in [1.82, 2.24) is 29.3 Å². The van der Waals surface area contributed by atoms with Crippen LogP contribution in [0.25, 0.3) is 33.6 Å². The van der Waals surface area contributed by atoms with Crippen LogP contribution in [0.3, 0.4) is 0 Å². The zero-order valence-corrected chi connectivity index (χ0v) is 27.1. The van der Waals surface area contributed by atoms with Crippen molar-refractivity contribution < 1.29 is 19.1 Å². The third kappa shape index (κ3) is 4.78. The molecule has 46 heavy (non-hydrogen) atoms. The number of carbonyl (C=O) groups is 2. The number of aromatic nitrogens is 4. The molecule has 2 amide bonds. The molecular formula is C35H43N7O4. The Kier molecular flexibility index (Phi) is 6.91. The number of nitrogens with two attached hydrogens (primary N) is 1. The van der Waals surface area contributed by atoms with Gasteiger partial charge in [-0.1, -0.05) is 0 Å². The molecule has 3 aromatic heterocycles. The molecule has 1 saturated heterocycles. The third-order valence-corrected chi connectivity index (χ3v) is 11.0. The Labute approximate surface area is 268 Å². The summed E-state index contributed by atoms with van der Waals surface area (Å²) in [5, 5.41) is 4.12. The van der Waals surface area contributed by atoms with Crippen LogP contribution in [0, 0.1) is 11.8 Å². The van der Waals surface area contributed by atoms with Gasteiger partial charge >= 0.3 is 0 Å². The predicted molar refractivity (Wildman–Crippen MR) is 174 cm³/mol. The number of likely N-dealkylation sites (tertiary alicyclic amines) is 1. The third-order valence-electron chi connectivity index (χ3n) is 11.0. The van der Waals surface area contributed by atoms with Gasteiger partial charge in [-0.15, -0.1) is 0 Å². The number of rotatable bonds is 9. The molecule has 3 N–H and O–H groups in total. The molecule has 0 radical (unpaired) electrons. The Bertz CT molecular complexity index is 1870. The summed E-state index contributed by atoms with van der Waals surface area (Å²) in [5.74, 6) is 2.42. The van der Waals surface area contributed by atoms with Gasteiger partial charge in [-0.3, -0.25) is 9.59 Å². The number of benzene rings is 1. The highest BCUT2D eigenvalue weighted by atomic mass is 16.5. The van der Waals surface area contributed by atoms with E-state index >= 15 is 0 Å². The standard InChI is InChI=1S/C35H43N7O4/c1-19(37-34(44)35(46-4)11-12-35)26-10-8-22-15-28(42(31(22)38-26)17-20-5-6-20)32-39-27-14-23(16-29(45-3)30(27)40(32)2)33(43)41-18-25(36)21-7-9-24(41)13-21/h8,10,14-16,19-21,24-25H,5-7,9,11-13,17-18,36H2,1-4H3,(H,37,44)/t19-,21+,24-,25+/m1/s1. The molecule has 4 aromatic rings. The van der Waals surface area contributed by atoms with Crippen molar-refractivity contribution in [3.05, 3.63) is 41.6 Å². The van der Waals surface area contributed by atoms with Crippen molar-refractivity contribution in [3.63, 3.8) is 0 Å². The molecule has 3 saturated carbocycles. The highest BCUT2D eigenvalue weighted by Crippen LogP contribution is 2.41. The number of imidazole rings is 1. The van der Waals surface area contributed by atoms with Gasteiger partial charge in [0.05, 0.1) is 30.1 Å². The Balaban J connectivity index is 1.17. The molecule has 1 aliphatic heterocycles. The van der Waals surface area contributed by atoms with E-state index in [0.717, 1.165) is 72.4 Å². The van der Waals surface area contributed by atoms with Gasteiger partial charge < -0.3 is 34.6 Å². The van der Waals surface area contributed by atoms with Crippen molar-refractivity contribution in [2.75, 3.05) is 20.8 Å². The van der Waals surface area contributed by atoms with Gasteiger partial charge in [-0.25, -0.2) is 9.97 Å². The van der Waals surface area contributed by atoms with E-state index in [4.69, 9.17) is 25.2 Å². The molecule has 2 bridgehead atoms. The second-order valence-corrected chi connectivity index (χ2v) is 14.0. The number of amides is 2. The highest BCUT2D eigenvalue weighted by Gasteiger charge is 2.51. The van der Waals surface area contributed by atoms with E-state index in [9.17, 15) is 9.59 Å². The Morgan fingerprint density at radius 1 is 1.11 bits per heavy atom. The van der Waals surface area contributed by atoms with Crippen LogP contribution in [-0.2, 0) is 23.1 Å². The van der Waals surface area contributed by atoms with Crippen LogP contribution >= 0.6 is 0 Å². The maximum Gasteiger partial charge on any atom is 0.254 e. The summed E-state index contributed by atoms with van der Waals surface area (Å²) in [6, 6.07) is 9.97. The lowest BCUT2D eigenvalue weighted by molar-refractivity contribution is -0.134. The summed E-state index contributed by atoms with van der Waals surface area (Å²) in [6.07, 6.45) is 6.96. The molecule has 11 nitrogen and oxygen atoms in total. The highest BCUT2D eigenvalue weighted by molar-refractivity contribution is 6.00. The molecule has 11 heteroatoms. The Morgan fingerprint density at radius 3 is 2.63 bits per heavy atom. The first-order valence-corrected chi connectivity index (χ1v) is 16.7. The van der Waals surface area contributed by atoms with Gasteiger partial charge in [0, 0.05) is 50.3 Å². The summed E-state index contributed by atoms with van der Waals surface area (Å²) in [6.45, 7) is 3.39. The normalized spacial score (nSPS) is 24.0. The minimum Gasteiger partial charge on any atom is -0.494 e. The summed E-state index contributed by atoms with van der Waals surface area (Å²) >= 11 is 0. The second-order valence-electron chi connectivity index (χ2n) is 14.0. The number of nitrogens with zero attached hydrogens (tertiary/aromatic N) is 5. The number of hydrogen-bond donors (Lipinski definition) is 2. The Hall–Kier alpha value is -3.96. The van der Waals surface area contributed by atoms with Crippen LogP contribution < -0.4 is 15.8 Å². The average molecular weight is 626 g/mol. The largest absolute Gasteiger partial charge is 0.494 e. The van der Waals surface area contributed by atoms with E-state index in [1.165, 1.54) is 12.8 Å². The maximum atomic E-state index is 13.9. The quantitative estimate of drug-likeness (QED) is 0.284. The topological polar surface area (TPSA) is 130 Å². The number of nitrogens with one attached hydrogen (secondary N) is 1. The smallest absolute Gasteiger partial charge is 0.254 e. The summed E-state index contributed by atoms with van der Waals surface area (Å²) in [7, 11) is 5.23. The summed E-state index contributed by atoms with van der Waals surface area (Å²) in [5.41, 5.74) is 10.5. The molecule has 4 heterocycles. The van der Waals surface area contributed by atoms with E-state index in [1.54, 1.807) is 14.2 Å². The minimum atomic E-state index is -0.691. The van der Waals surface area contributed by atoms with E-state index in [1.807, 2.05) is 37.1 Å². The second kappa shape index (κ2) is 10.8. The molecule has 4 fully saturated rings. The number of ether oxygens (including phenoxy) is 2. The van der Waals surface area contributed by atoms with Crippen molar-refractivity contribution in [2.45, 2.75) is 82.1 Å². The van der Waals surface area contributed by atoms with Gasteiger partial charge in [0.1, 0.15) is 22.5 Å². The number of hydrogen-bond acceptors (Lipinski definition) is 7. The van der Waals surface area contributed by atoms with Gasteiger partial charge in [0.2, 0.25) is 0 Å². The molecular weight excluding hydrogens is 582 g/mol. The first-order valence-electron chi connectivity index (χ1n) is 16.7. The fraction of sp³-hybridized carbons (Fsp3) is 0.543. The van der Waals surface area contributed by atoms with Gasteiger partial charge in [0.25, 0.3) is 11.8 Å². The number of methoxy groups -OCH3 is 2. The number of piperidine rings is 1. The fourth-order valence-corrected chi connectivity index (χ4v) is 7.77. The van der Waals surface area contributed by atoms with Gasteiger partial charge in [-0.05, 0) is 94.0 Å². The lowest BCUT2D eigenvalue weighted by atomic mass is 9.94. The predicted octanol–water partition coefficient (Wildman–Crippen LogP) is 4.32. The van der Waals surface area contributed by atoms with E-state index < -0.39 is 5.60 Å². The van der Waals surface area contributed by atoms with Crippen LogP contribution in [0.15, 0.2) is 30.3 Å². The average Bonchev–Trinajstić information content (AvgIpc) is 3.95. The summed E-state index contributed by atoms with van der Waals surface area (Å²) < 4.78 is 15.7. The first-order chi connectivity index (χ1) is 22.2. The van der Waals surface area contributed by atoms with Crippen LogP contribution in [0.5, 0.6) is 5.75 Å². The minimum absolute atomic E-state index is 0.00732. The Morgan fingerprint density at radius 2 is 1.91 bits per heavy atom. The SMILES string of the molecule is COc1cc(C(=O)N2C[C@H](N)[C@H]3CC[C@@H]2C3)cc2nc(-c3cc4ccc([C@@H](C)NC(=O)C5(OC)CC5)nc4n3CC3CC3)n(C)c12. The van der Waals surface area contributed by atoms with E-state index in [2.05, 4.69) is 26.6 Å². The van der Waals surface area contributed by atoms with Gasteiger partial charge in [-0.2, -0.15) is 0 Å². The number of pyridine rings is 1. The molecule has 4 atom stereocenters. The van der Waals surface area contributed by atoms with Crippen molar-refractivity contribution in [1.29, 1.82) is 0 Å². The van der Waals surface area contributed by atoms with Crippen LogP contribution in [-0.4, -0.2) is 74.3 Å². The molecule has 8 rings (SSSR count). The van der Waals surface area contributed by atoms with Crippen molar-refractivity contribution >= 4 is 33.9 Å². The van der Waals surface area contributed by atoms with Gasteiger partial charge in [0.15, 0.2) is 5.82 Å². The van der Waals surface area contributed by atoms with Crippen molar-refractivity contribution in [2.24, 2.45) is 24.6 Å². The molecule has 242 valence electrons. The summed E-state index contributed by atoms with van der Waals surface area (Å²) in [4.78, 5) is 38.9. The molecule has 0 spiro atoms. The molecule has 4 aliphatic rings. The first kappa shape index (κ1) is 29.4.